The monoisotopic (exact) mass is 465 g/mol. The van der Waals surface area contributed by atoms with Crippen molar-refractivity contribution in [2.45, 2.75) is 31.5 Å². The highest BCUT2D eigenvalue weighted by atomic mass is 19.2. The SMILES string of the molecule is COc1c(OC2CCN(c3ccc(OC[C@@]4(C)CN=C(N)O4)cc3)CC2)cc(F)c(F)c1F. The Kier molecular flexibility index (Phi) is 6.44. The number of nitrogens with two attached hydrogens (primary N) is 1. The molecule has 0 spiro atoms. The maximum atomic E-state index is 13.9. The number of ether oxygens (including phenoxy) is 4. The summed E-state index contributed by atoms with van der Waals surface area (Å²) in [6, 6.07) is 8.70. The van der Waals surface area contributed by atoms with Crippen LogP contribution >= 0.6 is 0 Å². The lowest BCUT2D eigenvalue weighted by molar-refractivity contribution is 0.0492. The number of hydrogen-bond donors (Lipinski definition) is 1. The van der Waals surface area contributed by atoms with E-state index in [2.05, 4.69) is 9.89 Å². The van der Waals surface area contributed by atoms with Crippen molar-refractivity contribution in [2.24, 2.45) is 10.7 Å². The first-order valence-corrected chi connectivity index (χ1v) is 10.6. The van der Waals surface area contributed by atoms with Crippen LogP contribution in [0.4, 0.5) is 18.9 Å². The minimum Gasteiger partial charge on any atom is -0.490 e. The summed E-state index contributed by atoms with van der Waals surface area (Å²) >= 11 is 0. The molecule has 2 N–H and O–H groups in total. The molecule has 10 heteroatoms. The highest BCUT2D eigenvalue weighted by molar-refractivity contribution is 5.73. The van der Waals surface area contributed by atoms with Crippen LogP contribution < -0.4 is 24.8 Å². The Morgan fingerprint density at radius 2 is 1.85 bits per heavy atom. The number of amidine groups is 1. The molecule has 178 valence electrons. The van der Waals surface area contributed by atoms with Crippen molar-refractivity contribution in [2.75, 3.05) is 38.3 Å². The van der Waals surface area contributed by atoms with E-state index in [-0.39, 0.29) is 17.9 Å². The van der Waals surface area contributed by atoms with Crippen LogP contribution in [0.5, 0.6) is 17.2 Å². The molecule has 0 saturated carbocycles. The van der Waals surface area contributed by atoms with Crippen LogP contribution in [0.1, 0.15) is 19.8 Å². The molecule has 2 aliphatic heterocycles. The first-order chi connectivity index (χ1) is 15.8. The van der Waals surface area contributed by atoms with Gasteiger partial charge < -0.3 is 29.6 Å². The van der Waals surface area contributed by atoms with Gasteiger partial charge in [0.25, 0.3) is 6.02 Å². The molecule has 0 unspecified atom stereocenters. The number of aliphatic imine (C=N–C) groups is 1. The summed E-state index contributed by atoms with van der Waals surface area (Å²) in [6.45, 7) is 4.04. The van der Waals surface area contributed by atoms with Gasteiger partial charge in [-0.25, -0.2) is 13.8 Å². The summed E-state index contributed by atoms with van der Waals surface area (Å²) in [7, 11) is 1.18. The average molecular weight is 465 g/mol. The van der Waals surface area contributed by atoms with Crippen LogP contribution in [-0.2, 0) is 4.74 Å². The molecule has 1 saturated heterocycles. The summed E-state index contributed by atoms with van der Waals surface area (Å²) in [4.78, 5) is 6.23. The summed E-state index contributed by atoms with van der Waals surface area (Å²) < 4.78 is 62.9. The zero-order valence-corrected chi connectivity index (χ0v) is 18.4. The number of hydrogen-bond acceptors (Lipinski definition) is 7. The minimum atomic E-state index is -1.58. The molecule has 0 aliphatic carbocycles. The number of anilines is 1. The van der Waals surface area contributed by atoms with E-state index in [9.17, 15) is 13.2 Å². The summed E-state index contributed by atoms with van der Waals surface area (Å²) in [5, 5.41) is 0. The summed E-state index contributed by atoms with van der Waals surface area (Å²) in [5.41, 5.74) is 6.03. The predicted molar refractivity (Wildman–Crippen MR) is 117 cm³/mol. The number of methoxy groups -OCH3 is 1. The fourth-order valence-electron chi connectivity index (χ4n) is 3.87. The van der Waals surface area contributed by atoms with Crippen molar-refractivity contribution in [1.29, 1.82) is 0 Å². The Morgan fingerprint density at radius 3 is 2.45 bits per heavy atom. The molecule has 1 fully saturated rings. The molecule has 33 heavy (non-hydrogen) atoms. The third kappa shape index (κ3) is 5.04. The lowest BCUT2D eigenvalue weighted by Gasteiger charge is -2.34. The Hall–Kier alpha value is -3.30. The van der Waals surface area contributed by atoms with Gasteiger partial charge in [-0.2, -0.15) is 4.39 Å². The van der Waals surface area contributed by atoms with Gasteiger partial charge in [-0.05, 0) is 31.2 Å². The molecule has 7 nitrogen and oxygen atoms in total. The van der Waals surface area contributed by atoms with Crippen LogP contribution in [0.15, 0.2) is 35.3 Å². The van der Waals surface area contributed by atoms with Crippen molar-refractivity contribution in [1.82, 2.24) is 0 Å². The Morgan fingerprint density at radius 1 is 1.15 bits per heavy atom. The molecule has 0 amide bonds. The third-order valence-corrected chi connectivity index (χ3v) is 5.69. The van der Waals surface area contributed by atoms with Crippen molar-refractivity contribution in [3.05, 3.63) is 47.8 Å². The smallest absolute Gasteiger partial charge is 0.282 e. The van der Waals surface area contributed by atoms with Gasteiger partial charge in [0.2, 0.25) is 5.82 Å². The van der Waals surface area contributed by atoms with E-state index in [0.717, 1.165) is 11.8 Å². The molecular formula is C23H26F3N3O4. The summed E-state index contributed by atoms with van der Waals surface area (Å²) in [6.07, 6.45) is 0.974. The minimum absolute atomic E-state index is 0.138. The largest absolute Gasteiger partial charge is 0.490 e. The Bertz CT molecular complexity index is 1030. The lowest BCUT2D eigenvalue weighted by atomic mass is 10.1. The maximum Gasteiger partial charge on any atom is 0.282 e. The fraction of sp³-hybridized carbons (Fsp3) is 0.435. The zero-order valence-electron chi connectivity index (χ0n) is 18.4. The van der Waals surface area contributed by atoms with Gasteiger partial charge >= 0.3 is 0 Å². The number of piperidine rings is 1. The van der Waals surface area contributed by atoms with Gasteiger partial charge in [-0.3, -0.25) is 0 Å². The van der Waals surface area contributed by atoms with Crippen LogP contribution in [0.3, 0.4) is 0 Å². The molecule has 2 aliphatic rings. The quantitative estimate of drug-likeness (QED) is 0.629. The number of benzene rings is 2. The highest BCUT2D eigenvalue weighted by Crippen LogP contribution is 2.35. The van der Waals surface area contributed by atoms with E-state index in [0.29, 0.717) is 44.8 Å². The van der Waals surface area contributed by atoms with Crippen molar-refractivity contribution >= 4 is 11.7 Å². The van der Waals surface area contributed by atoms with E-state index in [1.165, 1.54) is 7.11 Å². The zero-order chi connectivity index (χ0) is 23.6. The lowest BCUT2D eigenvalue weighted by Crippen LogP contribution is -2.38. The summed E-state index contributed by atoms with van der Waals surface area (Å²) in [5.74, 6) is -4.15. The van der Waals surface area contributed by atoms with Gasteiger partial charge in [-0.1, -0.05) is 0 Å². The van der Waals surface area contributed by atoms with Gasteiger partial charge in [-0.15, -0.1) is 0 Å². The predicted octanol–water partition coefficient (Wildman–Crippen LogP) is 3.64. The first-order valence-electron chi connectivity index (χ1n) is 10.6. The van der Waals surface area contributed by atoms with Crippen molar-refractivity contribution in [3.8, 4) is 17.2 Å². The second kappa shape index (κ2) is 9.29. The topological polar surface area (TPSA) is 78.5 Å². The van der Waals surface area contributed by atoms with Crippen molar-refractivity contribution in [3.63, 3.8) is 0 Å². The van der Waals surface area contributed by atoms with Gasteiger partial charge in [0.05, 0.1) is 13.7 Å². The van der Waals surface area contributed by atoms with E-state index in [1.54, 1.807) is 0 Å². The number of rotatable bonds is 7. The second-order valence-corrected chi connectivity index (χ2v) is 8.31. The van der Waals surface area contributed by atoms with Crippen LogP contribution in [0.2, 0.25) is 0 Å². The fourth-order valence-corrected chi connectivity index (χ4v) is 3.87. The Labute approximate surface area is 189 Å². The first kappa shape index (κ1) is 22.9. The van der Waals surface area contributed by atoms with Crippen LogP contribution in [0.25, 0.3) is 0 Å². The molecule has 2 heterocycles. The number of halogens is 3. The average Bonchev–Trinajstić information content (AvgIpc) is 3.16. The molecule has 4 rings (SSSR count). The van der Waals surface area contributed by atoms with E-state index in [1.807, 2.05) is 31.2 Å². The van der Waals surface area contributed by atoms with Gasteiger partial charge in [0.1, 0.15) is 18.5 Å². The normalized spacial score (nSPS) is 20.9. The van der Waals surface area contributed by atoms with E-state index < -0.39 is 28.8 Å². The molecule has 0 bridgehead atoms. The van der Waals surface area contributed by atoms with Crippen molar-refractivity contribution < 1.29 is 32.1 Å². The molecular weight excluding hydrogens is 439 g/mol. The highest BCUT2D eigenvalue weighted by Gasteiger charge is 2.33. The van der Waals surface area contributed by atoms with Gasteiger partial charge in [0.15, 0.2) is 28.7 Å². The second-order valence-electron chi connectivity index (χ2n) is 8.31. The molecule has 2 aromatic carbocycles. The Balaban J connectivity index is 1.30. The molecule has 2 aromatic rings. The maximum absolute atomic E-state index is 13.9. The third-order valence-electron chi connectivity index (χ3n) is 5.69. The van der Waals surface area contributed by atoms with Gasteiger partial charge in [0, 0.05) is 37.7 Å². The number of nitrogens with zero attached hydrogens (tertiary/aromatic N) is 2. The molecule has 0 radical (unpaired) electrons. The van der Waals surface area contributed by atoms with E-state index in [4.69, 9.17) is 24.7 Å². The molecule has 1 atom stereocenters. The van der Waals surface area contributed by atoms with Crippen LogP contribution in [-0.4, -0.2) is 51.1 Å². The van der Waals surface area contributed by atoms with Crippen LogP contribution in [0, 0.1) is 17.5 Å². The van der Waals surface area contributed by atoms with E-state index >= 15 is 0 Å². The standard InChI is InChI=1S/C23H26F3N3O4/c1-23(12-28-22(27)33-23)13-31-15-5-3-14(4-6-15)29-9-7-16(8-10-29)32-18-11-17(24)19(25)20(26)21(18)30-2/h3-6,11,16H,7-10,12-13H2,1-2H3,(H2,27,28)/t23-/m1/s1. The molecule has 0 aromatic heterocycles.